The molecule has 0 atom stereocenters. The van der Waals surface area contributed by atoms with Crippen LogP contribution in [0, 0.1) is 0 Å². The Bertz CT molecular complexity index is 2470. The summed E-state index contributed by atoms with van der Waals surface area (Å²) >= 11 is 10.5. The average molecular weight is 894 g/mol. The maximum Gasteiger partial charge on any atom is -0.147 e. The van der Waals surface area contributed by atoms with Crippen molar-refractivity contribution >= 4 is 54.5 Å². The van der Waals surface area contributed by atoms with Crippen molar-refractivity contribution in [3.05, 3.63) is 192 Å². The van der Waals surface area contributed by atoms with E-state index in [1.165, 1.54) is 70.0 Å². The van der Waals surface area contributed by atoms with Crippen molar-refractivity contribution in [2.45, 2.75) is 65.2 Å². The second-order valence-corrected chi connectivity index (χ2v) is 23.5. The summed E-state index contributed by atoms with van der Waals surface area (Å²) in [6, 6.07) is 46.8. The fourth-order valence-electron chi connectivity index (χ4n) is 8.45. The fraction of sp³-hybridized carbons (Fsp3) is 0.196. The van der Waals surface area contributed by atoms with Gasteiger partial charge in [0.15, 0.2) is 0 Å². The predicted molar refractivity (Wildman–Crippen MR) is 245 cm³/mol. The van der Waals surface area contributed by atoms with E-state index in [0.29, 0.717) is 0 Å². The first kappa shape index (κ1) is 42.3. The summed E-state index contributed by atoms with van der Waals surface area (Å²) in [5, 5.41) is 1.50. The third-order valence-electron chi connectivity index (χ3n) is 10.9. The van der Waals surface area contributed by atoms with Gasteiger partial charge in [-0.3, -0.25) is 0 Å². The molecule has 0 bridgehead atoms. The van der Waals surface area contributed by atoms with Crippen LogP contribution in [0.2, 0.25) is 10.0 Å². The Morgan fingerprint density at radius 2 is 1.12 bits per heavy atom. The summed E-state index contributed by atoms with van der Waals surface area (Å²) < 4.78 is 4.55. The zero-order valence-electron chi connectivity index (χ0n) is 32.8. The number of rotatable bonds is 6. The van der Waals surface area contributed by atoms with Crippen molar-refractivity contribution in [2.24, 2.45) is 0 Å². The Labute approximate surface area is 363 Å². The van der Waals surface area contributed by atoms with Gasteiger partial charge in [0.05, 0.1) is 0 Å². The molecule has 0 N–H and O–H groups in total. The molecule has 56 heavy (non-hydrogen) atoms. The molecule has 6 aromatic carbocycles. The second-order valence-electron chi connectivity index (χ2n) is 16.8. The Kier molecular flexibility index (Phi) is 12.8. The molecule has 0 aliphatic heterocycles. The molecule has 8 rings (SSSR count). The van der Waals surface area contributed by atoms with Crippen LogP contribution < -0.4 is 3.27 Å². The molecule has 0 spiro atoms. The van der Waals surface area contributed by atoms with Crippen LogP contribution in [-0.2, 0) is 38.5 Å². The van der Waals surface area contributed by atoms with Gasteiger partial charge in [0.1, 0.15) is 0 Å². The zero-order chi connectivity index (χ0) is 37.8. The van der Waals surface area contributed by atoms with Crippen molar-refractivity contribution in [1.82, 2.24) is 0 Å². The Balaban J connectivity index is 0.00000266. The minimum Gasteiger partial charge on any atom is -0.147 e. The van der Waals surface area contributed by atoms with Crippen LogP contribution in [0.5, 0.6) is 0 Å². The van der Waals surface area contributed by atoms with Gasteiger partial charge >= 0.3 is 342 Å². The minimum atomic E-state index is -3.17. The van der Waals surface area contributed by atoms with Crippen LogP contribution in [0.3, 0.4) is 0 Å². The number of hydrogen-bond acceptors (Lipinski definition) is 0. The van der Waals surface area contributed by atoms with Gasteiger partial charge in [-0.2, -0.15) is 0 Å². The largest absolute Gasteiger partial charge is 0.147 e. The smallest absolute Gasteiger partial charge is 0.147 e. The molecule has 0 unspecified atom stereocenters. The average Bonchev–Trinajstić information content (AvgIpc) is 3.81. The van der Waals surface area contributed by atoms with Gasteiger partial charge in [0.25, 0.3) is 0 Å². The molecule has 284 valence electrons. The molecule has 0 fully saturated rings. The summed E-state index contributed by atoms with van der Waals surface area (Å²) in [6.07, 6.45) is 8.91. The molecule has 0 heterocycles. The number of benzene rings is 6. The van der Waals surface area contributed by atoms with E-state index in [0.717, 1.165) is 22.9 Å². The summed E-state index contributed by atoms with van der Waals surface area (Å²) in [5.41, 5.74) is 16.0. The maximum absolute atomic E-state index is 6.86. The Morgan fingerprint density at radius 1 is 0.571 bits per heavy atom. The summed E-state index contributed by atoms with van der Waals surface area (Å²) in [5.74, 6) is 0. The maximum atomic E-state index is 6.86. The molecule has 0 amide bonds. The molecule has 6 aromatic rings. The van der Waals surface area contributed by atoms with Crippen molar-refractivity contribution in [2.75, 3.05) is 0 Å². The van der Waals surface area contributed by atoms with Crippen LogP contribution in [0.1, 0.15) is 81.3 Å². The molecule has 2 aliphatic carbocycles. The van der Waals surface area contributed by atoms with Gasteiger partial charge in [-0.05, 0) is 0 Å². The van der Waals surface area contributed by atoms with E-state index in [4.69, 9.17) is 23.2 Å². The van der Waals surface area contributed by atoms with Crippen molar-refractivity contribution in [1.29, 1.82) is 0 Å². The topological polar surface area (TPSA) is 0 Å². The molecule has 0 nitrogen and oxygen atoms in total. The van der Waals surface area contributed by atoms with Gasteiger partial charge in [0, 0.05) is 0 Å². The fourth-order valence-corrected chi connectivity index (χ4v) is 17.2. The molecule has 5 heteroatoms. The van der Waals surface area contributed by atoms with Crippen molar-refractivity contribution < 1.29 is 21.3 Å². The van der Waals surface area contributed by atoms with Crippen LogP contribution in [0.4, 0.5) is 0 Å². The van der Waals surface area contributed by atoms with Gasteiger partial charge in [-0.15, -0.1) is 24.8 Å². The monoisotopic (exact) mass is 890 g/mol. The molecular weight excluding hydrogens is 846 g/mol. The van der Waals surface area contributed by atoms with Crippen LogP contribution in [-0.4, -0.2) is 3.21 Å². The molecular formula is C51H48Cl4Zr. The van der Waals surface area contributed by atoms with Gasteiger partial charge in [0.2, 0.25) is 0 Å². The van der Waals surface area contributed by atoms with E-state index < -0.39 is 21.3 Å². The van der Waals surface area contributed by atoms with Gasteiger partial charge < -0.3 is 0 Å². The van der Waals surface area contributed by atoms with Crippen molar-refractivity contribution in [3.8, 4) is 33.4 Å². The molecule has 0 saturated heterocycles. The molecule has 0 aromatic heterocycles. The molecule has 0 saturated carbocycles. The molecule has 2 aliphatic rings. The SMILES string of the molecule is CC(C)(C)c1cc2c(cc1-c1ccccc1)Cc1c-2cc(C(C)(C)C)c(-c2ccccc2)[c]1[Zr]([C]1=CC=CC1)=[C](c1cccc(Cl)c1)c1cccc(Cl)c1.Cl.Cl. The van der Waals surface area contributed by atoms with E-state index in [2.05, 4.69) is 175 Å². The van der Waals surface area contributed by atoms with Crippen LogP contribution >= 0.6 is 48.0 Å². The first-order chi connectivity index (χ1) is 25.9. The third kappa shape index (κ3) is 8.19. The normalized spacial score (nSPS) is 13.0. The number of halogens is 4. The van der Waals surface area contributed by atoms with Crippen LogP contribution in [0.25, 0.3) is 33.4 Å². The Hall–Kier alpha value is -3.29. The standard InChI is InChI=1S/C33H33.C13H8Cl2.C5H5.2ClH.Zr/c1-32(2,3)30-20-26-24(18-28(30)22-13-9-7-10-14-22)17-25-19-29(23-15-11-8-12-16-23)31(21-27(25)26)33(4,5)6;14-12-5-1-3-10(8-12)7-11-4-2-6-13(15)9-11;1-2-4-5-3-1;;;/h7-16,18,20-21H,17H2,1-6H3;1-6,8-9H;1-3H,4H2;2*1H;. The van der Waals surface area contributed by atoms with E-state index in [-0.39, 0.29) is 35.6 Å². The van der Waals surface area contributed by atoms with Crippen molar-refractivity contribution in [3.63, 3.8) is 0 Å². The summed E-state index contributed by atoms with van der Waals surface area (Å²) in [7, 11) is 0. The zero-order valence-corrected chi connectivity index (χ0v) is 38.4. The Morgan fingerprint density at radius 3 is 1.64 bits per heavy atom. The number of fused-ring (bicyclic) bond motifs is 3. The van der Waals surface area contributed by atoms with Gasteiger partial charge in [-0.1, -0.05) is 0 Å². The van der Waals surface area contributed by atoms with Gasteiger partial charge in [-0.25, -0.2) is 0 Å². The minimum absolute atomic E-state index is 0. The first-order valence-corrected chi connectivity index (χ1v) is 23.4. The number of allylic oxidation sites excluding steroid dienone is 4. The van der Waals surface area contributed by atoms with E-state index in [1.54, 1.807) is 6.55 Å². The van der Waals surface area contributed by atoms with E-state index >= 15 is 0 Å². The quantitative estimate of drug-likeness (QED) is 0.156. The van der Waals surface area contributed by atoms with E-state index in [9.17, 15) is 0 Å². The van der Waals surface area contributed by atoms with Crippen LogP contribution in [0.15, 0.2) is 149 Å². The molecule has 0 radical (unpaired) electrons. The first-order valence-electron chi connectivity index (χ1n) is 19.0. The third-order valence-corrected chi connectivity index (χ3v) is 19.1. The van der Waals surface area contributed by atoms with E-state index in [1.807, 2.05) is 12.1 Å². The summed E-state index contributed by atoms with van der Waals surface area (Å²) in [6.45, 7) is 14.2. The predicted octanol–water partition coefficient (Wildman–Crippen LogP) is 14.7. The summed E-state index contributed by atoms with van der Waals surface area (Å²) in [4.78, 5) is 0. The second kappa shape index (κ2) is 16.9. The number of hydrogen-bond donors (Lipinski definition) is 0.